The third-order valence-corrected chi connectivity index (χ3v) is 3.42. The molecule has 0 spiro atoms. The first kappa shape index (κ1) is 15.3. The van der Waals surface area contributed by atoms with Crippen molar-refractivity contribution in [3.8, 4) is 5.69 Å². The van der Waals surface area contributed by atoms with Crippen LogP contribution in [0.2, 0.25) is 0 Å². The molecule has 24 heavy (non-hydrogen) atoms. The quantitative estimate of drug-likeness (QED) is 0.702. The molecule has 0 aliphatic heterocycles. The molecule has 2 N–H and O–H groups in total. The highest BCUT2D eigenvalue weighted by Gasteiger charge is 2.11. The lowest BCUT2D eigenvalue weighted by Gasteiger charge is -2.09. The predicted octanol–water partition coefficient (Wildman–Crippen LogP) is 1.05. The first-order valence-corrected chi connectivity index (χ1v) is 7.15. The van der Waals surface area contributed by atoms with Gasteiger partial charge in [-0.25, -0.2) is 4.68 Å². The van der Waals surface area contributed by atoms with Crippen molar-refractivity contribution < 1.29 is 9.59 Å². The van der Waals surface area contributed by atoms with Gasteiger partial charge in [0.1, 0.15) is 6.33 Å². The smallest absolute Gasteiger partial charge is 0.267 e. The van der Waals surface area contributed by atoms with E-state index in [9.17, 15) is 9.59 Å². The van der Waals surface area contributed by atoms with Gasteiger partial charge in [-0.1, -0.05) is 18.2 Å². The Bertz CT molecular complexity index is 859. The van der Waals surface area contributed by atoms with E-state index < -0.39 is 5.91 Å². The van der Waals surface area contributed by atoms with Crippen LogP contribution in [-0.4, -0.2) is 32.0 Å². The summed E-state index contributed by atoms with van der Waals surface area (Å²) in [5.41, 5.74) is 7.25. The molecule has 3 rings (SSSR count). The van der Waals surface area contributed by atoms with Gasteiger partial charge in [0.2, 0.25) is 0 Å². The molecule has 2 aromatic carbocycles. The second kappa shape index (κ2) is 6.69. The van der Waals surface area contributed by atoms with Crippen molar-refractivity contribution in [2.45, 2.75) is 6.92 Å². The number of hydrogen-bond donors (Lipinski definition) is 2. The van der Waals surface area contributed by atoms with Gasteiger partial charge in [0.15, 0.2) is 0 Å². The lowest BCUT2D eigenvalue weighted by Crippen LogP contribution is -2.41. The van der Waals surface area contributed by atoms with Crippen LogP contribution in [0.25, 0.3) is 5.69 Å². The number of hydrazine groups is 1. The van der Waals surface area contributed by atoms with Gasteiger partial charge in [0, 0.05) is 11.1 Å². The van der Waals surface area contributed by atoms with E-state index in [-0.39, 0.29) is 5.91 Å². The molecule has 0 saturated carbocycles. The van der Waals surface area contributed by atoms with Gasteiger partial charge in [0.25, 0.3) is 11.8 Å². The molecule has 0 radical (unpaired) electrons. The third kappa shape index (κ3) is 3.27. The normalized spacial score (nSPS) is 10.2. The van der Waals surface area contributed by atoms with E-state index in [0.717, 1.165) is 11.3 Å². The minimum absolute atomic E-state index is 0.369. The molecule has 0 saturated heterocycles. The molecule has 8 nitrogen and oxygen atoms in total. The number of tetrazole rings is 1. The molecular formula is C16H14N6O2. The number of nitrogens with zero attached hydrogens (tertiary/aromatic N) is 4. The van der Waals surface area contributed by atoms with Crippen LogP contribution in [0.1, 0.15) is 26.3 Å². The minimum Gasteiger partial charge on any atom is -0.267 e. The lowest BCUT2D eigenvalue weighted by atomic mass is 10.1. The zero-order valence-corrected chi connectivity index (χ0v) is 12.8. The Morgan fingerprint density at radius 1 is 0.958 bits per heavy atom. The van der Waals surface area contributed by atoms with Gasteiger partial charge < -0.3 is 0 Å². The first-order valence-electron chi connectivity index (χ1n) is 7.15. The topological polar surface area (TPSA) is 102 Å². The highest BCUT2D eigenvalue weighted by Crippen LogP contribution is 2.08. The molecule has 0 atom stereocenters. The molecule has 120 valence electrons. The van der Waals surface area contributed by atoms with Gasteiger partial charge in [0.05, 0.1) is 5.69 Å². The number of amides is 2. The summed E-state index contributed by atoms with van der Waals surface area (Å²) in [6.45, 7) is 1.83. The van der Waals surface area contributed by atoms with Gasteiger partial charge in [-0.3, -0.25) is 20.4 Å². The van der Waals surface area contributed by atoms with Crippen molar-refractivity contribution in [3.63, 3.8) is 0 Å². The lowest BCUT2D eigenvalue weighted by molar-refractivity contribution is 0.0846. The Morgan fingerprint density at radius 2 is 1.67 bits per heavy atom. The summed E-state index contributed by atoms with van der Waals surface area (Å²) in [5.74, 6) is -0.785. The van der Waals surface area contributed by atoms with Crippen LogP contribution in [0, 0.1) is 6.92 Å². The van der Waals surface area contributed by atoms with E-state index in [0.29, 0.717) is 11.1 Å². The van der Waals surface area contributed by atoms with Crippen LogP contribution in [0.4, 0.5) is 0 Å². The molecule has 0 aliphatic carbocycles. The summed E-state index contributed by atoms with van der Waals surface area (Å²) in [5, 5.41) is 10.9. The SMILES string of the molecule is Cc1ccccc1C(=O)NNC(=O)c1ccc(-n2cnnn2)cc1. The number of rotatable bonds is 3. The number of benzene rings is 2. The number of nitrogens with one attached hydrogen (secondary N) is 2. The number of hydrogen-bond acceptors (Lipinski definition) is 5. The highest BCUT2D eigenvalue weighted by atomic mass is 16.2. The Balaban J connectivity index is 1.63. The largest absolute Gasteiger partial charge is 0.269 e. The van der Waals surface area contributed by atoms with Crippen molar-refractivity contribution in [2.75, 3.05) is 0 Å². The molecule has 0 bridgehead atoms. The summed E-state index contributed by atoms with van der Waals surface area (Å²) in [6.07, 6.45) is 1.46. The third-order valence-electron chi connectivity index (χ3n) is 3.42. The zero-order chi connectivity index (χ0) is 16.9. The Labute approximate surface area is 137 Å². The second-order valence-electron chi connectivity index (χ2n) is 5.02. The van der Waals surface area contributed by atoms with Crippen molar-refractivity contribution in [2.24, 2.45) is 0 Å². The summed E-state index contributed by atoms with van der Waals surface area (Å²) >= 11 is 0. The Hall–Kier alpha value is -3.55. The predicted molar refractivity (Wildman–Crippen MR) is 85.3 cm³/mol. The fourth-order valence-electron chi connectivity index (χ4n) is 2.13. The molecule has 8 heteroatoms. The van der Waals surface area contributed by atoms with E-state index in [1.807, 2.05) is 19.1 Å². The maximum Gasteiger partial charge on any atom is 0.269 e. The molecule has 0 aliphatic rings. The van der Waals surface area contributed by atoms with E-state index >= 15 is 0 Å². The van der Waals surface area contributed by atoms with Crippen LogP contribution in [-0.2, 0) is 0 Å². The number of carbonyl (C=O) groups excluding carboxylic acids is 2. The van der Waals surface area contributed by atoms with E-state index in [1.54, 1.807) is 36.4 Å². The summed E-state index contributed by atoms with van der Waals surface area (Å²) in [4.78, 5) is 24.1. The zero-order valence-electron chi connectivity index (χ0n) is 12.8. The fourth-order valence-corrected chi connectivity index (χ4v) is 2.13. The maximum absolute atomic E-state index is 12.1. The summed E-state index contributed by atoms with van der Waals surface area (Å²) in [7, 11) is 0. The van der Waals surface area contributed by atoms with Crippen molar-refractivity contribution in [1.29, 1.82) is 0 Å². The molecule has 2 amide bonds. The molecule has 1 aromatic heterocycles. The van der Waals surface area contributed by atoms with Crippen molar-refractivity contribution in [1.82, 2.24) is 31.1 Å². The van der Waals surface area contributed by atoms with E-state index in [4.69, 9.17) is 0 Å². The minimum atomic E-state index is -0.416. The fraction of sp³-hybridized carbons (Fsp3) is 0.0625. The molecular weight excluding hydrogens is 308 g/mol. The average Bonchev–Trinajstić information content (AvgIpc) is 3.14. The number of carbonyl (C=O) groups is 2. The molecule has 0 fully saturated rings. The monoisotopic (exact) mass is 322 g/mol. The van der Waals surface area contributed by atoms with Crippen LogP contribution in [0.3, 0.4) is 0 Å². The van der Waals surface area contributed by atoms with Gasteiger partial charge in [-0.15, -0.1) is 5.10 Å². The van der Waals surface area contributed by atoms with Crippen LogP contribution < -0.4 is 10.9 Å². The molecule has 0 unspecified atom stereocenters. The molecule has 1 heterocycles. The second-order valence-corrected chi connectivity index (χ2v) is 5.02. The van der Waals surface area contributed by atoms with E-state index in [2.05, 4.69) is 26.4 Å². The van der Waals surface area contributed by atoms with Gasteiger partial charge >= 0.3 is 0 Å². The van der Waals surface area contributed by atoms with Crippen molar-refractivity contribution >= 4 is 11.8 Å². The van der Waals surface area contributed by atoms with Crippen LogP contribution in [0.15, 0.2) is 54.9 Å². The van der Waals surface area contributed by atoms with E-state index in [1.165, 1.54) is 11.0 Å². The maximum atomic E-state index is 12.1. The number of aromatic nitrogens is 4. The standard InChI is InChI=1S/C16H14N6O2/c1-11-4-2-3-5-14(11)16(24)19-18-15(23)12-6-8-13(9-7-12)22-10-17-20-21-22/h2-10H,1H3,(H,18,23)(H,19,24). The summed E-state index contributed by atoms with van der Waals surface area (Å²) < 4.78 is 1.47. The number of aryl methyl sites for hydroxylation is 1. The van der Waals surface area contributed by atoms with Crippen LogP contribution >= 0.6 is 0 Å². The van der Waals surface area contributed by atoms with Gasteiger partial charge in [-0.2, -0.15) is 0 Å². The average molecular weight is 322 g/mol. The Kier molecular flexibility index (Phi) is 4.28. The Morgan fingerprint density at radius 3 is 2.33 bits per heavy atom. The highest BCUT2D eigenvalue weighted by molar-refractivity contribution is 5.99. The van der Waals surface area contributed by atoms with Gasteiger partial charge in [-0.05, 0) is 53.2 Å². The first-order chi connectivity index (χ1) is 11.6. The van der Waals surface area contributed by atoms with Crippen LogP contribution in [0.5, 0.6) is 0 Å². The molecule has 3 aromatic rings. The van der Waals surface area contributed by atoms with Crippen molar-refractivity contribution in [3.05, 3.63) is 71.5 Å². The summed E-state index contributed by atoms with van der Waals surface area (Å²) in [6, 6.07) is 13.8.